The first-order valence-electron chi connectivity index (χ1n) is 8.86. The molecule has 0 aromatic carbocycles. The van der Waals surface area contributed by atoms with E-state index in [1.165, 1.54) is 19.3 Å². The van der Waals surface area contributed by atoms with Gasteiger partial charge in [-0.25, -0.2) is 0 Å². The molecule has 0 aromatic rings. The van der Waals surface area contributed by atoms with Gasteiger partial charge in [-0.2, -0.15) is 0 Å². The zero-order valence-electron chi connectivity index (χ0n) is 14.0. The fourth-order valence-electron chi connectivity index (χ4n) is 3.85. The van der Waals surface area contributed by atoms with E-state index in [1.807, 2.05) is 0 Å². The van der Waals surface area contributed by atoms with Gasteiger partial charge in [0.2, 0.25) is 5.91 Å². The number of hydrogen-bond donors (Lipinski definition) is 2. The van der Waals surface area contributed by atoms with E-state index >= 15 is 0 Å². The Morgan fingerprint density at radius 3 is 2.76 bits per heavy atom. The zero-order valence-corrected chi connectivity index (χ0v) is 14.0. The zero-order chi connectivity index (χ0) is 15.2. The number of rotatable bonds is 6. The lowest BCUT2D eigenvalue weighted by atomic mass is 9.78. The van der Waals surface area contributed by atoms with Gasteiger partial charge in [0.15, 0.2) is 0 Å². The molecule has 1 aliphatic carbocycles. The minimum absolute atomic E-state index is 0.223. The molecular weight excluding hydrogens is 262 g/mol. The minimum atomic E-state index is 0.223. The van der Waals surface area contributed by atoms with E-state index in [9.17, 15) is 4.79 Å². The summed E-state index contributed by atoms with van der Waals surface area (Å²) in [5.41, 5.74) is 0. The SMILES string of the molecule is CCCN(CC(=O)NC1CCCC(C)C1C)C1CCNC1. The number of carbonyl (C=O) groups excluding carboxylic acids is 1. The average Bonchev–Trinajstić information content (AvgIpc) is 2.97. The van der Waals surface area contributed by atoms with E-state index in [0.717, 1.165) is 38.4 Å². The van der Waals surface area contributed by atoms with E-state index in [1.54, 1.807) is 0 Å². The molecule has 1 aliphatic heterocycles. The summed E-state index contributed by atoms with van der Waals surface area (Å²) in [7, 11) is 0. The third kappa shape index (κ3) is 4.68. The van der Waals surface area contributed by atoms with Crippen LogP contribution in [0.15, 0.2) is 0 Å². The highest BCUT2D eigenvalue weighted by molar-refractivity contribution is 5.78. The summed E-state index contributed by atoms with van der Waals surface area (Å²) in [6.45, 7) is 10.5. The quantitative estimate of drug-likeness (QED) is 0.788. The van der Waals surface area contributed by atoms with Crippen LogP contribution in [0.5, 0.6) is 0 Å². The molecule has 4 atom stereocenters. The van der Waals surface area contributed by atoms with Crippen molar-refractivity contribution in [1.29, 1.82) is 0 Å². The molecule has 2 aliphatic rings. The molecule has 0 radical (unpaired) electrons. The molecule has 1 saturated heterocycles. The van der Waals surface area contributed by atoms with Crippen LogP contribution in [0.25, 0.3) is 0 Å². The predicted molar refractivity (Wildman–Crippen MR) is 87.2 cm³/mol. The largest absolute Gasteiger partial charge is 0.352 e. The number of carbonyl (C=O) groups is 1. The monoisotopic (exact) mass is 295 g/mol. The summed E-state index contributed by atoms with van der Waals surface area (Å²) in [5.74, 6) is 1.56. The van der Waals surface area contributed by atoms with Crippen molar-refractivity contribution in [2.24, 2.45) is 11.8 Å². The number of amides is 1. The van der Waals surface area contributed by atoms with Gasteiger partial charge in [0.05, 0.1) is 6.54 Å². The van der Waals surface area contributed by atoms with Gasteiger partial charge in [-0.05, 0) is 44.2 Å². The van der Waals surface area contributed by atoms with Crippen LogP contribution in [-0.4, -0.2) is 49.1 Å². The van der Waals surface area contributed by atoms with Gasteiger partial charge >= 0.3 is 0 Å². The second-order valence-electron chi connectivity index (χ2n) is 7.06. The predicted octanol–water partition coefficient (Wildman–Crippen LogP) is 2.00. The summed E-state index contributed by atoms with van der Waals surface area (Å²) >= 11 is 0. The van der Waals surface area contributed by atoms with Gasteiger partial charge in [0, 0.05) is 18.6 Å². The highest BCUT2D eigenvalue weighted by Gasteiger charge is 2.29. The Bertz CT molecular complexity index is 328. The maximum Gasteiger partial charge on any atom is 0.234 e. The Morgan fingerprint density at radius 1 is 1.29 bits per heavy atom. The van der Waals surface area contributed by atoms with E-state index in [-0.39, 0.29) is 5.91 Å². The first-order valence-corrected chi connectivity index (χ1v) is 8.86. The molecule has 2 fully saturated rings. The lowest BCUT2D eigenvalue weighted by molar-refractivity contribution is -0.124. The van der Waals surface area contributed by atoms with Crippen LogP contribution in [0.4, 0.5) is 0 Å². The molecule has 4 unspecified atom stereocenters. The molecular formula is C17H33N3O. The third-order valence-corrected chi connectivity index (χ3v) is 5.46. The molecule has 1 saturated carbocycles. The Labute approximate surface area is 130 Å². The normalized spacial score (nSPS) is 33.3. The summed E-state index contributed by atoms with van der Waals surface area (Å²) in [6.07, 6.45) is 5.99. The third-order valence-electron chi connectivity index (χ3n) is 5.46. The first kappa shape index (κ1) is 16.8. The van der Waals surface area contributed by atoms with Crippen molar-refractivity contribution in [2.45, 2.75) is 65.0 Å². The first-order chi connectivity index (χ1) is 10.1. The number of nitrogens with one attached hydrogen (secondary N) is 2. The Balaban J connectivity index is 1.83. The molecule has 2 rings (SSSR count). The highest BCUT2D eigenvalue weighted by Crippen LogP contribution is 2.29. The Morgan fingerprint density at radius 2 is 2.10 bits per heavy atom. The van der Waals surface area contributed by atoms with Gasteiger partial charge in [0.1, 0.15) is 0 Å². The van der Waals surface area contributed by atoms with E-state index in [4.69, 9.17) is 0 Å². The van der Waals surface area contributed by atoms with Gasteiger partial charge < -0.3 is 10.6 Å². The second-order valence-corrected chi connectivity index (χ2v) is 7.06. The van der Waals surface area contributed by atoms with Crippen molar-refractivity contribution in [3.63, 3.8) is 0 Å². The molecule has 21 heavy (non-hydrogen) atoms. The summed E-state index contributed by atoms with van der Waals surface area (Å²) in [6, 6.07) is 0.921. The number of hydrogen-bond acceptors (Lipinski definition) is 3. The maximum absolute atomic E-state index is 12.4. The molecule has 0 aromatic heterocycles. The topological polar surface area (TPSA) is 44.4 Å². The van der Waals surface area contributed by atoms with Crippen molar-refractivity contribution in [3.8, 4) is 0 Å². The highest BCUT2D eigenvalue weighted by atomic mass is 16.2. The Hall–Kier alpha value is -0.610. The fourth-order valence-corrected chi connectivity index (χ4v) is 3.85. The van der Waals surface area contributed by atoms with Gasteiger partial charge in [0.25, 0.3) is 0 Å². The fraction of sp³-hybridized carbons (Fsp3) is 0.941. The van der Waals surface area contributed by atoms with Gasteiger partial charge in [-0.3, -0.25) is 9.69 Å². The van der Waals surface area contributed by atoms with Crippen molar-refractivity contribution in [2.75, 3.05) is 26.2 Å². The Kier molecular flexibility index (Phi) is 6.49. The summed E-state index contributed by atoms with van der Waals surface area (Å²) < 4.78 is 0. The summed E-state index contributed by atoms with van der Waals surface area (Å²) in [4.78, 5) is 14.8. The van der Waals surface area contributed by atoms with Crippen LogP contribution in [0.3, 0.4) is 0 Å². The van der Waals surface area contributed by atoms with Crippen LogP contribution in [0.1, 0.15) is 52.9 Å². The molecule has 0 spiro atoms. The van der Waals surface area contributed by atoms with E-state index in [0.29, 0.717) is 24.5 Å². The molecule has 0 bridgehead atoms. The van der Waals surface area contributed by atoms with E-state index < -0.39 is 0 Å². The summed E-state index contributed by atoms with van der Waals surface area (Å²) in [5, 5.41) is 6.72. The van der Waals surface area contributed by atoms with Crippen LogP contribution < -0.4 is 10.6 Å². The van der Waals surface area contributed by atoms with Crippen LogP contribution in [0.2, 0.25) is 0 Å². The second kappa shape index (κ2) is 8.14. The molecule has 1 heterocycles. The van der Waals surface area contributed by atoms with Crippen molar-refractivity contribution >= 4 is 5.91 Å². The van der Waals surface area contributed by atoms with Crippen molar-refractivity contribution < 1.29 is 4.79 Å². The molecule has 2 N–H and O–H groups in total. The standard InChI is InChI=1S/C17H33N3O/c1-4-10-20(15-8-9-18-11-15)12-17(21)19-16-7-5-6-13(2)14(16)3/h13-16,18H,4-12H2,1-3H3,(H,19,21). The lowest BCUT2D eigenvalue weighted by Crippen LogP contribution is -2.49. The lowest BCUT2D eigenvalue weighted by Gasteiger charge is -2.35. The van der Waals surface area contributed by atoms with Crippen molar-refractivity contribution in [3.05, 3.63) is 0 Å². The molecule has 4 heteroatoms. The molecule has 4 nitrogen and oxygen atoms in total. The maximum atomic E-state index is 12.4. The van der Waals surface area contributed by atoms with Crippen LogP contribution in [0, 0.1) is 11.8 Å². The van der Waals surface area contributed by atoms with Crippen LogP contribution >= 0.6 is 0 Å². The van der Waals surface area contributed by atoms with Gasteiger partial charge in [-0.15, -0.1) is 0 Å². The average molecular weight is 295 g/mol. The van der Waals surface area contributed by atoms with Crippen LogP contribution in [-0.2, 0) is 4.79 Å². The van der Waals surface area contributed by atoms with Crippen molar-refractivity contribution in [1.82, 2.24) is 15.5 Å². The minimum Gasteiger partial charge on any atom is -0.352 e. The number of nitrogens with zero attached hydrogens (tertiary/aromatic N) is 1. The van der Waals surface area contributed by atoms with E-state index in [2.05, 4.69) is 36.3 Å². The van der Waals surface area contributed by atoms with Gasteiger partial charge in [-0.1, -0.05) is 33.6 Å². The molecule has 122 valence electrons. The molecule has 1 amide bonds. The smallest absolute Gasteiger partial charge is 0.234 e.